The van der Waals surface area contributed by atoms with Crippen LogP contribution in [0.4, 0.5) is 17.1 Å². The predicted molar refractivity (Wildman–Crippen MR) is 204 cm³/mol. The molecule has 4 heteroatoms. The van der Waals surface area contributed by atoms with Crippen LogP contribution < -0.4 is 4.90 Å². The summed E-state index contributed by atoms with van der Waals surface area (Å²) in [4.78, 5) is 7.27. The van der Waals surface area contributed by atoms with E-state index >= 15 is 0 Å². The second-order valence-corrected chi connectivity index (χ2v) is 13.6. The molecule has 4 nitrogen and oxygen atoms in total. The van der Waals surface area contributed by atoms with Crippen molar-refractivity contribution in [3.8, 4) is 33.7 Å². The summed E-state index contributed by atoms with van der Waals surface area (Å²) >= 11 is 0. The van der Waals surface area contributed by atoms with E-state index in [1.54, 1.807) is 0 Å². The number of furan rings is 1. The Bertz CT molecular complexity index is 2720. The van der Waals surface area contributed by atoms with Crippen molar-refractivity contribution in [3.05, 3.63) is 169 Å². The molecular weight excluding hydrogens is 613 g/mol. The van der Waals surface area contributed by atoms with Crippen molar-refractivity contribution in [2.75, 3.05) is 4.90 Å². The Labute approximate surface area is 289 Å². The highest BCUT2D eigenvalue weighted by molar-refractivity contribution is 6.06. The van der Waals surface area contributed by atoms with Gasteiger partial charge in [-0.25, -0.2) is 4.98 Å². The molecule has 0 amide bonds. The first-order valence-corrected chi connectivity index (χ1v) is 17.0. The number of para-hydroxylation sites is 3. The van der Waals surface area contributed by atoms with Crippen LogP contribution in [-0.2, 0) is 5.41 Å². The molecule has 238 valence electrons. The van der Waals surface area contributed by atoms with Crippen molar-refractivity contribution in [3.63, 3.8) is 0 Å². The summed E-state index contributed by atoms with van der Waals surface area (Å²) in [5.74, 6) is 0.649. The molecule has 0 atom stereocenters. The van der Waals surface area contributed by atoms with E-state index in [4.69, 9.17) is 13.8 Å². The third kappa shape index (κ3) is 4.35. The Morgan fingerprint density at radius 3 is 2.06 bits per heavy atom. The van der Waals surface area contributed by atoms with E-state index in [-0.39, 0.29) is 5.41 Å². The van der Waals surface area contributed by atoms with Crippen molar-refractivity contribution in [1.82, 2.24) is 4.98 Å². The van der Waals surface area contributed by atoms with E-state index < -0.39 is 0 Å². The lowest BCUT2D eigenvalue weighted by Gasteiger charge is -2.28. The molecule has 7 aromatic carbocycles. The number of fused-ring (bicyclic) bond motifs is 7. The number of hydrogen-bond acceptors (Lipinski definition) is 4. The summed E-state index contributed by atoms with van der Waals surface area (Å²) < 4.78 is 12.6. The summed E-state index contributed by atoms with van der Waals surface area (Å²) in [7, 11) is 0. The number of rotatable bonds is 5. The topological polar surface area (TPSA) is 42.4 Å². The Hall–Kier alpha value is -6.39. The maximum absolute atomic E-state index is 6.32. The summed E-state index contributed by atoms with van der Waals surface area (Å²) in [6, 6.07) is 55.5. The quantitative estimate of drug-likeness (QED) is 0.187. The van der Waals surface area contributed by atoms with Crippen LogP contribution in [0, 0.1) is 0 Å². The Morgan fingerprint density at radius 1 is 0.480 bits per heavy atom. The van der Waals surface area contributed by atoms with Gasteiger partial charge < -0.3 is 13.7 Å². The Kier molecular flexibility index (Phi) is 6.19. The maximum Gasteiger partial charge on any atom is 0.227 e. The second-order valence-electron chi connectivity index (χ2n) is 13.6. The molecule has 0 radical (unpaired) electrons. The molecule has 1 aliphatic carbocycles. The first-order valence-electron chi connectivity index (χ1n) is 17.0. The minimum Gasteiger partial charge on any atom is -0.456 e. The minimum atomic E-state index is -0.245. The fourth-order valence-electron chi connectivity index (χ4n) is 7.84. The van der Waals surface area contributed by atoms with Gasteiger partial charge in [-0.15, -0.1) is 0 Å². The number of nitrogens with zero attached hydrogens (tertiary/aromatic N) is 2. The van der Waals surface area contributed by atoms with E-state index in [1.165, 1.54) is 33.4 Å². The first kappa shape index (κ1) is 28.6. The molecule has 10 rings (SSSR count). The smallest absolute Gasteiger partial charge is 0.227 e. The van der Waals surface area contributed by atoms with Gasteiger partial charge in [-0.2, -0.15) is 0 Å². The molecular formula is C46H32N2O2. The number of aromatic nitrogens is 1. The molecule has 50 heavy (non-hydrogen) atoms. The fourth-order valence-corrected chi connectivity index (χ4v) is 7.84. The Balaban J connectivity index is 1.17. The molecule has 2 heterocycles. The van der Waals surface area contributed by atoms with Gasteiger partial charge in [-0.3, -0.25) is 0 Å². The van der Waals surface area contributed by atoms with Crippen molar-refractivity contribution in [1.29, 1.82) is 0 Å². The van der Waals surface area contributed by atoms with Crippen LogP contribution in [0.25, 0.3) is 66.7 Å². The van der Waals surface area contributed by atoms with Crippen LogP contribution in [0.15, 0.2) is 167 Å². The number of oxazole rings is 1. The number of benzene rings is 7. The van der Waals surface area contributed by atoms with E-state index in [1.807, 2.05) is 36.4 Å². The van der Waals surface area contributed by atoms with Crippen molar-refractivity contribution in [2.24, 2.45) is 0 Å². The molecule has 0 spiro atoms. The molecule has 0 fully saturated rings. The van der Waals surface area contributed by atoms with E-state index in [2.05, 4.69) is 140 Å². The van der Waals surface area contributed by atoms with Crippen molar-refractivity contribution in [2.45, 2.75) is 19.3 Å². The summed E-state index contributed by atoms with van der Waals surface area (Å²) in [6.45, 7) is 4.64. The van der Waals surface area contributed by atoms with Gasteiger partial charge in [0, 0.05) is 38.8 Å². The summed E-state index contributed by atoms with van der Waals surface area (Å²) in [5.41, 5.74) is 14.7. The van der Waals surface area contributed by atoms with Gasteiger partial charge in [0.15, 0.2) is 5.58 Å². The molecule has 2 aromatic heterocycles. The molecule has 0 unspecified atom stereocenters. The lowest BCUT2D eigenvalue weighted by atomic mass is 9.82. The third-order valence-corrected chi connectivity index (χ3v) is 10.3. The third-order valence-electron chi connectivity index (χ3n) is 10.3. The highest BCUT2D eigenvalue weighted by Crippen LogP contribution is 2.54. The zero-order valence-electron chi connectivity index (χ0n) is 27.7. The second kappa shape index (κ2) is 10.8. The van der Waals surface area contributed by atoms with Gasteiger partial charge in [-0.05, 0) is 100 Å². The van der Waals surface area contributed by atoms with Gasteiger partial charge in [0.2, 0.25) is 5.89 Å². The fraction of sp³-hybridized carbons (Fsp3) is 0.0652. The predicted octanol–water partition coefficient (Wildman–Crippen LogP) is 12.8. The van der Waals surface area contributed by atoms with Crippen LogP contribution in [0.1, 0.15) is 25.0 Å². The molecule has 9 aromatic rings. The SMILES string of the molecule is CC1(C)c2cc(N(c3cccc(-c4ccccc4)c3)c3ccc4oc5ccccc5c4c3)ccc2-c2c(-c3nc4ccccc4o3)cccc21. The number of hydrogen-bond donors (Lipinski definition) is 0. The minimum absolute atomic E-state index is 0.245. The molecule has 1 aliphatic rings. The molecule has 0 bridgehead atoms. The number of anilines is 3. The highest BCUT2D eigenvalue weighted by atomic mass is 16.3. The standard InChI is InChI=1S/C46H32N2O2/c1-46(2)38-18-11-17-36(45-47-40-19-7-9-21-43(40)50-45)44(38)35-24-22-33(28-39(35)46)48(31-15-10-14-30(26-31)29-12-4-3-5-13-29)32-23-25-42-37(27-32)34-16-6-8-20-41(34)49-42/h3-28H,1-2H3. The van der Waals surface area contributed by atoms with Crippen molar-refractivity contribution < 1.29 is 8.83 Å². The largest absolute Gasteiger partial charge is 0.456 e. The summed E-state index contributed by atoms with van der Waals surface area (Å²) in [6.07, 6.45) is 0. The zero-order chi connectivity index (χ0) is 33.4. The highest BCUT2D eigenvalue weighted by Gasteiger charge is 2.38. The van der Waals surface area contributed by atoms with Crippen LogP contribution >= 0.6 is 0 Å². The van der Waals surface area contributed by atoms with Crippen LogP contribution in [-0.4, -0.2) is 4.98 Å². The molecule has 0 saturated heterocycles. The lowest BCUT2D eigenvalue weighted by Crippen LogP contribution is -2.16. The average molecular weight is 645 g/mol. The zero-order valence-corrected chi connectivity index (χ0v) is 27.7. The summed E-state index contributed by atoms with van der Waals surface area (Å²) in [5, 5.41) is 2.21. The normalized spacial score (nSPS) is 13.2. The van der Waals surface area contributed by atoms with Crippen molar-refractivity contribution >= 4 is 50.1 Å². The van der Waals surface area contributed by atoms with Crippen LogP contribution in [0.5, 0.6) is 0 Å². The van der Waals surface area contributed by atoms with Crippen LogP contribution in [0.3, 0.4) is 0 Å². The van der Waals surface area contributed by atoms with Gasteiger partial charge in [0.05, 0.1) is 0 Å². The monoisotopic (exact) mass is 644 g/mol. The first-order chi connectivity index (χ1) is 24.5. The van der Waals surface area contributed by atoms with E-state index in [9.17, 15) is 0 Å². The van der Waals surface area contributed by atoms with Gasteiger partial charge >= 0.3 is 0 Å². The molecule has 0 aliphatic heterocycles. The van der Waals surface area contributed by atoms with Gasteiger partial charge in [-0.1, -0.05) is 105 Å². The molecule has 0 N–H and O–H groups in total. The van der Waals surface area contributed by atoms with Crippen LogP contribution in [0.2, 0.25) is 0 Å². The van der Waals surface area contributed by atoms with E-state index in [0.29, 0.717) is 5.89 Å². The molecule has 0 saturated carbocycles. The maximum atomic E-state index is 6.32. The van der Waals surface area contributed by atoms with E-state index in [0.717, 1.165) is 55.7 Å². The van der Waals surface area contributed by atoms with Gasteiger partial charge in [0.25, 0.3) is 0 Å². The Morgan fingerprint density at radius 2 is 1.18 bits per heavy atom. The lowest BCUT2D eigenvalue weighted by molar-refractivity contribution is 0.619. The average Bonchev–Trinajstić information content (AvgIpc) is 3.83. The van der Waals surface area contributed by atoms with Gasteiger partial charge in [0.1, 0.15) is 16.7 Å².